The quantitative estimate of drug-likeness (QED) is 0.201. The Morgan fingerprint density at radius 3 is 2.12 bits per heavy atom. The summed E-state index contributed by atoms with van der Waals surface area (Å²) in [6.45, 7) is 16.4. The van der Waals surface area contributed by atoms with E-state index < -0.39 is 0 Å². The number of ether oxygens (including phenoxy) is 1. The molecule has 0 aliphatic carbocycles. The largest absolute Gasteiger partial charge is 0.507 e. The van der Waals surface area contributed by atoms with Gasteiger partial charge >= 0.3 is 0 Å². The van der Waals surface area contributed by atoms with Gasteiger partial charge < -0.3 is 9.84 Å². The van der Waals surface area contributed by atoms with E-state index in [0.29, 0.717) is 40.5 Å². The topological polar surface area (TPSA) is 38.3 Å². The number of benzene rings is 3. The Morgan fingerprint density at radius 2 is 1.54 bits per heavy atom. The van der Waals surface area contributed by atoms with Gasteiger partial charge in [-0.3, -0.25) is 0 Å². The van der Waals surface area contributed by atoms with Crippen LogP contribution in [-0.2, 0) is 35.3 Å². The number of nitrogens with zero attached hydrogens (tertiary/aromatic N) is 2. The summed E-state index contributed by atoms with van der Waals surface area (Å²) in [5.74, 6) is 0.395. The van der Waals surface area contributed by atoms with Crippen LogP contribution in [0.5, 0.6) is 5.75 Å². The van der Waals surface area contributed by atoms with Gasteiger partial charge in [-0.2, -0.15) is 0 Å². The molecule has 218 valence electrons. The molecular formula is C34H40Cl3N2O2+. The Hall–Kier alpha value is -2.50. The summed E-state index contributed by atoms with van der Waals surface area (Å²) >= 11 is 19.2. The molecule has 0 aliphatic rings. The molecule has 4 rings (SSSR count). The van der Waals surface area contributed by atoms with Gasteiger partial charge in [0.05, 0.1) is 6.61 Å². The molecule has 0 fully saturated rings. The van der Waals surface area contributed by atoms with Crippen molar-refractivity contribution < 1.29 is 14.4 Å². The van der Waals surface area contributed by atoms with Crippen molar-refractivity contribution in [3.05, 3.63) is 116 Å². The maximum Gasteiger partial charge on any atom is 0.244 e. The lowest BCUT2D eigenvalue weighted by Crippen LogP contribution is -2.32. The predicted octanol–water partition coefficient (Wildman–Crippen LogP) is 9.35. The molecule has 0 spiro atoms. The number of phenolic OH excluding ortho intramolecular Hbond substituents is 1. The minimum Gasteiger partial charge on any atom is -0.507 e. The summed E-state index contributed by atoms with van der Waals surface area (Å²) in [4.78, 5) is 0. The van der Waals surface area contributed by atoms with E-state index in [1.807, 2.05) is 43.5 Å². The van der Waals surface area contributed by atoms with Crippen molar-refractivity contribution in [3.63, 3.8) is 0 Å². The van der Waals surface area contributed by atoms with E-state index in [2.05, 4.69) is 75.3 Å². The molecule has 0 saturated heterocycles. The molecule has 1 unspecified atom stereocenters. The number of aryl methyl sites for hydroxylation is 1. The van der Waals surface area contributed by atoms with Crippen molar-refractivity contribution in [2.45, 2.75) is 85.1 Å². The van der Waals surface area contributed by atoms with Gasteiger partial charge in [-0.1, -0.05) is 94.5 Å². The first kappa shape index (κ1) is 31.4. The third-order valence-electron chi connectivity index (χ3n) is 7.23. The van der Waals surface area contributed by atoms with Gasteiger partial charge in [0.15, 0.2) is 0 Å². The molecule has 0 saturated carbocycles. The van der Waals surface area contributed by atoms with Gasteiger partial charge in [-0.15, -0.1) is 0 Å². The zero-order chi connectivity index (χ0) is 30.1. The van der Waals surface area contributed by atoms with Crippen molar-refractivity contribution in [1.29, 1.82) is 0 Å². The van der Waals surface area contributed by atoms with E-state index in [1.54, 1.807) is 6.07 Å². The van der Waals surface area contributed by atoms with Crippen LogP contribution in [0, 0.1) is 6.92 Å². The van der Waals surface area contributed by atoms with E-state index in [-0.39, 0.29) is 16.9 Å². The van der Waals surface area contributed by atoms with Crippen molar-refractivity contribution in [2.75, 3.05) is 0 Å². The minimum absolute atomic E-state index is 0.179. The SMILES string of the molecule is Cc1ccc(C(Cn2cc[n+](Cc3cc(C(C)(C)C)c(O)c(C(C)(C)C)c3)c2)OCc2ccc(Cl)cc2Cl)c(Cl)c1. The third-order valence-corrected chi connectivity index (χ3v) is 8.15. The standard InChI is InChI=1S/C34H39Cl3N2O2/c1-22-8-11-26(30(37)14-22)31(41-20-24-9-10-25(35)17-29(24)36)19-39-13-12-38(21-39)18-23-15-27(33(2,3)4)32(40)28(16-23)34(5,6)7/h8-17,21,31H,18-20H2,1-7H3/p+1. The number of halogens is 3. The lowest BCUT2D eigenvalue weighted by atomic mass is 9.78. The summed E-state index contributed by atoms with van der Waals surface area (Å²) in [6.07, 6.45) is 5.88. The van der Waals surface area contributed by atoms with E-state index in [0.717, 1.165) is 33.4 Å². The highest BCUT2D eigenvalue weighted by Gasteiger charge is 2.27. The van der Waals surface area contributed by atoms with Gasteiger partial charge in [0.2, 0.25) is 6.33 Å². The zero-order valence-corrected chi connectivity index (χ0v) is 27.2. The van der Waals surface area contributed by atoms with Crippen LogP contribution in [0.3, 0.4) is 0 Å². The molecule has 41 heavy (non-hydrogen) atoms. The van der Waals surface area contributed by atoms with Crippen LogP contribution < -0.4 is 4.57 Å². The van der Waals surface area contributed by atoms with Gasteiger partial charge in [-0.25, -0.2) is 9.13 Å². The van der Waals surface area contributed by atoms with Crippen molar-refractivity contribution >= 4 is 34.8 Å². The highest BCUT2D eigenvalue weighted by atomic mass is 35.5. The molecule has 4 aromatic rings. The molecule has 7 heteroatoms. The van der Waals surface area contributed by atoms with Gasteiger partial charge in [0.1, 0.15) is 37.3 Å². The minimum atomic E-state index is -0.302. The van der Waals surface area contributed by atoms with Crippen LogP contribution in [0.15, 0.2) is 67.3 Å². The Labute approximate surface area is 259 Å². The molecule has 0 bridgehead atoms. The second kappa shape index (κ2) is 12.4. The highest BCUT2D eigenvalue weighted by Crippen LogP contribution is 2.40. The lowest BCUT2D eigenvalue weighted by Gasteiger charge is -2.28. The number of aromatic hydroxyl groups is 1. The van der Waals surface area contributed by atoms with E-state index in [9.17, 15) is 5.11 Å². The molecule has 1 atom stereocenters. The number of aromatic nitrogens is 2. The Balaban J connectivity index is 1.60. The summed E-state index contributed by atoms with van der Waals surface area (Å²) in [7, 11) is 0. The first-order valence-corrected chi connectivity index (χ1v) is 15.0. The van der Waals surface area contributed by atoms with Crippen LogP contribution in [-0.4, -0.2) is 9.67 Å². The van der Waals surface area contributed by atoms with Crippen LogP contribution in [0.4, 0.5) is 0 Å². The Morgan fingerprint density at radius 1 is 0.878 bits per heavy atom. The van der Waals surface area contributed by atoms with Gasteiger partial charge in [0, 0.05) is 20.6 Å². The predicted molar refractivity (Wildman–Crippen MR) is 169 cm³/mol. The fourth-order valence-electron chi connectivity index (χ4n) is 4.93. The van der Waals surface area contributed by atoms with Crippen LogP contribution >= 0.6 is 34.8 Å². The number of imidazole rings is 1. The Bertz CT molecular complexity index is 1490. The first-order chi connectivity index (χ1) is 19.1. The van der Waals surface area contributed by atoms with Crippen molar-refractivity contribution in [3.8, 4) is 5.75 Å². The smallest absolute Gasteiger partial charge is 0.244 e. The fourth-order valence-corrected chi connectivity index (χ4v) is 5.75. The third kappa shape index (κ3) is 7.87. The van der Waals surface area contributed by atoms with Crippen LogP contribution in [0.25, 0.3) is 0 Å². The number of phenols is 1. The fraction of sp³-hybridized carbons (Fsp3) is 0.382. The monoisotopic (exact) mass is 613 g/mol. The number of hydrogen-bond donors (Lipinski definition) is 1. The maximum atomic E-state index is 11.1. The second-order valence-electron chi connectivity index (χ2n) is 12.9. The van der Waals surface area contributed by atoms with E-state index >= 15 is 0 Å². The molecular weight excluding hydrogens is 575 g/mol. The number of rotatable bonds is 8. The van der Waals surface area contributed by atoms with Crippen molar-refractivity contribution in [1.82, 2.24) is 4.57 Å². The molecule has 1 N–H and O–H groups in total. The highest BCUT2D eigenvalue weighted by molar-refractivity contribution is 6.35. The van der Waals surface area contributed by atoms with Crippen molar-refractivity contribution in [2.24, 2.45) is 0 Å². The summed E-state index contributed by atoms with van der Waals surface area (Å²) in [5, 5.41) is 12.9. The second-order valence-corrected chi connectivity index (χ2v) is 14.1. The molecule has 0 aliphatic heterocycles. The zero-order valence-electron chi connectivity index (χ0n) is 24.9. The summed E-state index contributed by atoms with van der Waals surface area (Å²) in [5.41, 5.74) is 5.59. The maximum absolute atomic E-state index is 11.1. The first-order valence-electron chi connectivity index (χ1n) is 13.8. The molecule has 3 aromatic carbocycles. The molecule has 1 aromatic heterocycles. The normalized spacial score (nSPS) is 13.0. The average Bonchev–Trinajstić information content (AvgIpc) is 3.29. The summed E-state index contributed by atoms with van der Waals surface area (Å²) in [6, 6.07) is 15.7. The van der Waals surface area contributed by atoms with Gasteiger partial charge in [-0.05, 0) is 75.9 Å². The lowest BCUT2D eigenvalue weighted by molar-refractivity contribution is -0.687. The van der Waals surface area contributed by atoms with E-state index in [4.69, 9.17) is 39.5 Å². The molecule has 1 heterocycles. The number of hydrogen-bond acceptors (Lipinski definition) is 2. The van der Waals surface area contributed by atoms with Crippen LogP contribution in [0.1, 0.15) is 81.0 Å². The molecule has 0 radical (unpaired) electrons. The Kier molecular flexibility index (Phi) is 9.50. The molecule has 0 amide bonds. The van der Waals surface area contributed by atoms with E-state index in [1.165, 1.54) is 0 Å². The summed E-state index contributed by atoms with van der Waals surface area (Å²) < 4.78 is 10.7. The van der Waals surface area contributed by atoms with Crippen LogP contribution in [0.2, 0.25) is 15.1 Å². The average molecular weight is 615 g/mol. The molecule has 4 nitrogen and oxygen atoms in total. The van der Waals surface area contributed by atoms with Gasteiger partial charge in [0.25, 0.3) is 0 Å².